The third kappa shape index (κ3) is 7.95. The smallest absolute Gasteiger partial charge is 0.224 e. The molecule has 0 spiro atoms. The van der Waals surface area contributed by atoms with Crippen molar-refractivity contribution in [3.8, 4) is 5.75 Å². The molecule has 38 heavy (non-hydrogen) atoms. The lowest BCUT2D eigenvalue weighted by Crippen LogP contribution is -2.26. The third-order valence-corrected chi connectivity index (χ3v) is 6.99. The Hall–Kier alpha value is -3.60. The summed E-state index contributed by atoms with van der Waals surface area (Å²) < 4.78 is 8.39. The van der Waals surface area contributed by atoms with Crippen molar-refractivity contribution in [3.63, 3.8) is 0 Å². The van der Waals surface area contributed by atoms with Crippen LogP contribution in [0.25, 0.3) is 11.0 Å². The topological polar surface area (TPSA) is 56.1 Å². The van der Waals surface area contributed by atoms with Crippen LogP contribution in [-0.4, -0.2) is 28.6 Å². The Balaban J connectivity index is 1.20. The van der Waals surface area contributed by atoms with E-state index in [1.54, 1.807) is 0 Å². The van der Waals surface area contributed by atoms with E-state index in [9.17, 15) is 4.79 Å². The molecule has 0 unspecified atom stereocenters. The highest BCUT2D eigenvalue weighted by Gasteiger charge is 2.10. The molecule has 0 saturated carbocycles. The Morgan fingerprint density at radius 3 is 2.45 bits per heavy atom. The van der Waals surface area contributed by atoms with Crippen LogP contribution >= 0.6 is 0 Å². The lowest BCUT2D eigenvalue weighted by Gasteiger charge is -2.11. The molecule has 1 amide bonds. The summed E-state index contributed by atoms with van der Waals surface area (Å²) in [6, 6.07) is 22.9. The van der Waals surface area contributed by atoms with Crippen molar-refractivity contribution in [3.05, 3.63) is 94.8 Å². The number of nitrogens with one attached hydrogen (secondary N) is 1. The van der Waals surface area contributed by atoms with Crippen LogP contribution in [0.1, 0.15) is 60.2 Å². The summed E-state index contributed by atoms with van der Waals surface area (Å²) in [5.41, 5.74) is 7.01. The van der Waals surface area contributed by atoms with Gasteiger partial charge in [-0.1, -0.05) is 48.9 Å². The highest BCUT2D eigenvalue weighted by molar-refractivity contribution is 5.78. The predicted octanol–water partition coefficient (Wildman–Crippen LogP) is 6.89. The molecule has 3 aromatic carbocycles. The standard InChI is InChI=1S/C33H41N3O2/c1-25-21-26(2)23-29(22-25)38-20-12-11-19-36-31-16-9-8-15-30(31)35-32(36)17-5-4-10-18-34-33(37)24-28-14-7-6-13-27(28)3/h6-9,13-16,21-23H,4-5,10-12,17-20,24H2,1-3H3,(H,34,37). The number of unbranched alkanes of at least 4 members (excludes halogenated alkanes) is 3. The second kappa shape index (κ2) is 13.8. The Kier molecular flexibility index (Phi) is 9.97. The van der Waals surface area contributed by atoms with Crippen LogP contribution in [0.3, 0.4) is 0 Å². The molecule has 0 aliphatic carbocycles. The average molecular weight is 512 g/mol. The van der Waals surface area contributed by atoms with Crippen molar-refractivity contribution < 1.29 is 9.53 Å². The number of imidazole rings is 1. The molecule has 0 radical (unpaired) electrons. The van der Waals surface area contributed by atoms with Crippen LogP contribution in [0.15, 0.2) is 66.7 Å². The van der Waals surface area contributed by atoms with Gasteiger partial charge in [0.1, 0.15) is 11.6 Å². The molecular formula is C33H41N3O2. The highest BCUT2D eigenvalue weighted by Crippen LogP contribution is 2.20. The maximum Gasteiger partial charge on any atom is 0.224 e. The Morgan fingerprint density at radius 1 is 0.868 bits per heavy atom. The number of amides is 1. The molecule has 0 atom stereocenters. The monoisotopic (exact) mass is 511 g/mol. The average Bonchev–Trinajstić information content (AvgIpc) is 3.24. The number of aromatic nitrogens is 2. The number of hydrogen-bond acceptors (Lipinski definition) is 3. The molecule has 5 heteroatoms. The Labute approximate surface area is 227 Å². The van der Waals surface area contributed by atoms with Gasteiger partial charge in [0.25, 0.3) is 0 Å². The van der Waals surface area contributed by atoms with Crippen molar-refractivity contribution in [1.29, 1.82) is 0 Å². The van der Waals surface area contributed by atoms with E-state index in [0.29, 0.717) is 6.42 Å². The van der Waals surface area contributed by atoms with E-state index in [-0.39, 0.29) is 5.91 Å². The fourth-order valence-corrected chi connectivity index (χ4v) is 5.00. The summed E-state index contributed by atoms with van der Waals surface area (Å²) >= 11 is 0. The largest absolute Gasteiger partial charge is 0.494 e. The number of benzene rings is 3. The quantitative estimate of drug-likeness (QED) is 0.188. The van der Waals surface area contributed by atoms with Crippen LogP contribution in [-0.2, 0) is 24.2 Å². The van der Waals surface area contributed by atoms with Gasteiger partial charge in [0, 0.05) is 19.5 Å². The molecule has 0 aliphatic heterocycles. The zero-order valence-corrected chi connectivity index (χ0v) is 23.1. The van der Waals surface area contributed by atoms with Gasteiger partial charge in [0.15, 0.2) is 0 Å². The van der Waals surface area contributed by atoms with Crippen molar-refractivity contribution in [2.75, 3.05) is 13.2 Å². The molecule has 5 nitrogen and oxygen atoms in total. The fraction of sp³-hybridized carbons (Fsp3) is 0.394. The van der Waals surface area contributed by atoms with E-state index in [2.05, 4.69) is 79.2 Å². The molecule has 0 saturated heterocycles. The van der Waals surface area contributed by atoms with Crippen molar-refractivity contribution in [1.82, 2.24) is 14.9 Å². The van der Waals surface area contributed by atoms with Crippen LogP contribution in [0.4, 0.5) is 0 Å². The van der Waals surface area contributed by atoms with Crippen molar-refractivity contribution in [2.45, 2.75) is 72.3 Å². The van der Waals surface area contributed by atoms with Gasteiger partial charge in [-0.25, -0.2) is 4.98 Å². The van der Waals surface area contributed by atoms with E-state index in [4.69, 9.17) is 9.72 Å². The summed E-state index contributed by atoms with van der Waals surface area (Å²) in [5.74, 6) is 2.22. The first-order valence-corrected chi connectivity index (χ1v) is 14.0. The van der Waals surface area contributed by atoms with Gasteiger partial charge in [0.05, 0.1) is 24.1 Å². The second-order valence-electron chi connectivity index (χ2n) is 10.3. The fourth-order valence-electron chi connectivity index (χ4n) is 5.00. The summed E-state index contributed by atoms with van der Waals surface area (Å²) in [7, 11) is 0. The second-order valence-corrected chi connectivity index (χ2v) is 10.3. The van der Waals surface area contributed by atoms with E-state index >= 15 is 0 Å². The van der Waals surface area contributed by atoms with E-state index in [1.165, 1.54) is 22.2 Å². The van der Waals surface area contributed by atoms with Gasteiger partial charge in [0.2, 0.25) is 5.91 Å². The minimum absolute atomic E-state index is 0.0996. The summed E-state index contributed by atoms with van der Waals surface area (Å²) in [6.45, 7) is 8.65. The first-order valence-electron chi connectivity index (χ1n) is 14.0. The number of ether oxygens (including phenoxy) is 1. The summed E-state index contributed by atoms with van der Waals surface area (Å²) in [6.07, 6.45) is 6.56. The van der Waals surface area contributed by atoms with Crippen LogP contribution in [0.5, 0.6) is 5.75 Å². The number of rotatable bonds is 14. The maximum absolute atomic E-state index is 12.3. The SMILES string of the molecule is Cc1cc(C)cc(OCCCCn2c(CCCCCNC(=O)Cc3ccccc3C)nc3ccccc32)c1. The Bertz CT molecular complexity index is 1320. The van der Waals surface area contributed by atoms with Gasteiger partial charge < -0.3 is 14.6 Å². The zero-order valence-electron chi connectivity index (χ0n) is 23.1. The first kappa shape index (κ1) is 27.4. The summed E-state index contributed by atoms with van der Waals surface area (Å²) in [5, 5.41) is 3.08. The number of carbonyl (C=O) groups excluding carboxylic acids is 1. The molecule has 1 aromatic heterocycles. The highest BCUT2D eigenvalue weighted by atomic mass is 16.5. The van der Waals surface area contributed by atoms with E-state index in [1.807, 2.05) is 18.2 Å². The molecule has 4 aromatic rings. The normalized spacial score (nSPS) is 11.1. The third-order valence-electron chi connectivity index (χ3n) is 6.99. The van der Waals surface area contributed by atoms with E-state index in [0.717, 1.165) is 80.9 Å². The van der Waals surface area contributed by atoms with Gasteiger partial charge in [-0.3, -0.25) is 4.79 Å². The molecule has 1 N–H and O–H groups in total. The van der Waals surface area contributed by atoms with Crippen LogP contribution < -0.4 is 10.1 Å². The molecule has 200 valence electrons. The van der Waals surface area contributed by atoms with Gasteiger partial charge in [-0.2, -0.15) is 0 Å². The lowest BCUT2D eigenvalue weighted by atomic mass is 10.1. The van der Waals surface area contributed by atoms with Crippen LogP contribution in [0.2, 0.25) is 0 Å². The number of hydrogen-bond donors (Lipinski definition) is 1. The molecular weight excluding hydrogens is 470 g/mol. The van der Waals surface area contributed by atoms with Gasteiger partial charge in [-0.05, 0) is 93.0 Å². The molecule has 0 fully saturated rings. The van der Waals surface area contributed by atoms with Gasteiger partial charge >= 0.3 is 0 Å². The number of para-hydroxylation sites is 2. The van der Waals surface area contributed by atoms with E-state index < -0.39 is 0 Å². The first-order chi connectivity index (χ1) is 18.5. The zero-order chi connectivity index (χ0) is 26.7. The Morgan fingerprint density at radius 2 is 1.63 bits per heavy atom. The van der Waals surface area contributed by atoms with Gasteiger partial charge in [-0.15, -0.1) is 0 Å². The molecule has 1 heterocycles. The molecule has 0 aliphatic rings. The molecule has 4 rings (SSSR count). The minimum atomic E-state index is 0.0996. The molecule has 0 bridgehead atoms. The number of nitrogens with zero attached hydrogens (tertiary/aromatic N) is 2. The van der Waals surface area contributed by atoms with Crippen molar-refractivity contribution in [2.24, 2.45) is 0 Å². The number of carbonyl (C=O) groups is 1. The minimum Gasteiger partial charge on any atom is -0.494 e. The lowest BCUT2D eigenvalue weighted by molar-refractivity contribution is -0.120. The van der Waals surface area contributed by atoms with Crippen LogP contribution in [0, 0.1) is 20.8 Å². The summed E-state index contributed by atoms with van der Waals surface area (Å²) in [4.78, 5) is 17.2. The number of aryl methyl sites for hydroxylation is 5. The van der Waals surface area contributed by atoms with Crippen molar-refractivity contribution >= 4 is 16.9 Å². The predicted molar refractivity (Wildman–Crippen MR) is 156 cm³/mol. The number of fused-ring (bicyclic) bond motifs is 1. The maximum atomic E-state index is 12.3.